The standard InChI is InChI=1S/C28H26N4OS2/c33-26(32-23-13-7-8-14-25(23)34-18-24(32)21-11-5-2-6-12-21)19-35-28-30-29-27(22-15-16-22)31(28)17-20-9-3-1-4-10-20/h1-14,22,24H,15-19H2. The van der Waals surface area contributed by atoms with Crippen LogP contribution in [-0.4, -0.2) is 32.2 Å². The minimum absolute atomic E-state index is 0.00779. The smallest absolute Gasteiger partial charge is 0.238 e. The molecule has 176 valence electrons. The van der Waals surface area contributed by atoms with Gasteiger partial charge in [0.1, 0.15) is 5.82 Å². The molecule has 5 nitrogen and oxygen atoms in total. The molecular weight excluding hydrogens is 472 g/mol. The molecule has 0 bridgehead atoms. The lowest BCUT2D eigenvalue weighted by molar-refractivity contribution is -0.116. The van der Waals surface area contributed by atoms with Crippen molar-refractivity contribution in [3.05, 3.63) is 102 Å². The van der Waals surface area contributed by atoms with E-state index in [-0.39, 0.29) is 11.9 Å². The first-order valence-corrected chi connectivity index (χ1v) is 13.9. The summed E-state index contributed by atoms with van der Waals surface area (Å²) in [4.78, 5) is 16.9. The van der Waals surface area contributed by atoms with E-state index in [4.69, 9.17) is 0 Å². The number of carbonyl (C=O) groups is 1. The van der Waals surface area contributed by atoms with Crippen molar-refractivity contribution in [3.8, 4) is 0 Å². The zero-order chi connectivity index (χ0) is 23.6. The summed E-state index contributed by atoms with van der Waals surface area (Å²) >= 11 is 3.31. The number of rotatable bonds is 7. The number of amides is 1. The van der Waals surface area contributed by atoms with E-state index >= 15 is 0 Å². The number of hydrogen-bond donors (Lipinski definition) is 0. The van der Waals surface area contributed by atoms with Gasteiger partial charge < -0.3 is 9.47 Å². The van der Waals surface area contributed by atoms with Crippen LogP contribution in [0.15, 0.2) is 95.0 Å². The Balaban J connectivity index is 1.26. The lowest BCUT2D eigenvalue weighted by Crippen LogP contribution is -2.39. The number of carbonyl (C=O) groups excluding carboxylic acids is 1. The molecule has 0 N–H and O–H groups in total. The zero-order valence-corrected chi connectivity index (χ0v) is 20.9. The number of anilines is 1. The molecule has 0 radical (unpaired) electrons. The monoisotopic (exact) mass is 498 g/mol. The first-order chi connectivity index (χ1) is 17.3. The van der Waals surface area contributed by atoms with Crippen molar-refractivity contribution < 1.29 is 4.79 Å². The van der Waals surface area contributed by atoms with Gasteiger partial charge in [0.2, 0.25) is 5.91 Å². The molecule has 1 aromatic heterocycles. The average molecular weight is 499 g/mol. The molecular formula is C28H26N4OS2. The number of para-hydroxylation sites is 1. The minimum Gasteiger partial charge on any atom is -0.302 e. The molecule has 6 rings (SSSR count). The Morgan fingerprint density at radius 3 is 2.40 bits per heavy atom. The summed E-state index contributed by atoms with van der Waals surface area (Å²) in [6.07, 6.45) is 2.33. The number of hydrogen-bond acceptors (Lipinski definition) is 5. The van der Waals surface area contributed by atoms with Crippen molar-refractivity contribution in [3.63, 3.8) is 0 Å². The Labute approximate surface area is 214 Å². The van der Waals surface area contributed by atoms with Gasteiger partial charge in [-0.05, 0) is 36.1 Å². The van der Waals surface area contributed by atoms with Crippen molar-refractivity contribution in [2.24, 2.45) is 0 Å². The third kappa shape index (κ3) is 4.75. The average Bonchev–Trinajstić information content (AvgIpc) is 3.69. The SMILES string of the molecule is O=C(CSc1nnc(C2CC2)n1Cc1ccccc1)N1c2ccccc2SCC1c1ccccc1. The summed E-state index contributed by atoms with van der Waals surface area (Å²) in [5, 5.41) is 9.86. The third-order valence-electron chi connectivity index (χ3n) is 6.48. The maximum absolute atomic E-state index is 13.8. The minimum atomic E-state index is 0.00779. The van der Waals surface area contributed by atoms with Gasteiger partial charge in [-0.15, -0.1) is 22.0 Å². The van der Waals surface area contributed by atoms with Gasteiger partial charge in [-0.1, -0.05) is 84.6 Å². The second kappa shape index (κ2) is 9.91. The predicted molar refractivity (Wildman–Crippen MR) is 142 cm³/mol. The predicted octanol–water partition coefficient (Wildman–Crippen LogP) is 6.18. The first-order valence-electron chi connectivity index (χ1n) is 12.0. The summed E-state index contributed by atoms with van der Waals surface area (Å²) in [6.45, 7) is 0.728. The second-order valence-corrected chi connectivity index (χ2v) is 10.9. The summed E-state index contributed by atoms with van der Waals surface area (Å²) in [5.74, 6) is 2.79. The van der Waals surface area contributed by atoms with E-state index in [9.17, 15) is 4.79 Å². The van der Waals surface area contributed by atoms with E-state index in [1.807, 2.05) is 53.1 Å². The van der Waals surface area contributed by atoms with Gasteiger partial charge >= 0.3 is 0 Å². The first kappa shape index (κ1) is 22.4. The van der Waals surface area contributed by atoms with Gasteiger partial charge in [-0.2, -0.15) is 0 Å². The normalized spacial score (nSPS) is 17.3. The van der Waals surface area contributed by atoms with Crippen LogP contribution in [0.1, 0.15) is 41.8 Å². The van der Waals surface area contributed by atoms with Gasteiger partial charge in [-0.25, -0.2) is 0 Å². The van der Waals surface area contributed by atoms with Crippen molar-refractivity contribution in [2.45, 2.75) is 41.4 Å². The lowest BCUT2D eigenvalue weighted by atomic mass is 10.1. The van der Waals surface area contributed by atoms with E-state index in [0.717, 1.165) is 52.3 Å². The van der Waals surface area contributed by atoms with Crippen molar-refractivity contribution >= 4 is 35.1 Å². The van der Waals surface area contributed by atoms with Crippen molar-refractivity contribution in [1.29, 1.82) is 0 Å². The van der Waals surface area contributed by atoms with Crippen LogP contribution in [-0.2, 0) is 11.3 Å². The quantitative estimate of drug-likeness (QED) is 0.285. The highest BCUT2D eigenvalue weighted by molar-refractivity contribution is 8.00. The fraction of sp³-hybridized carbons (Fsp3) is 0.250. The number of nitrogens with zero attached hydrogens (tertiary/aromatic N) is 4. The fourth-order valence-corrected chi connectivity index (χ4v) is 6.55. The van der Waals surface area contributed by atoms with Crippen LogP contribution in [0.2, 0.25) is 0 Å². The highest BCUT2D eigenvalue weighted by atomic mass is 32.2. The Kier molecular flexibility index (Phi) is 6.35. The molecule has 1 fully saturated rings. The Morgan fingerprint density at radius 1 is 0.914 bits per heavy atom. The third-order valence-corrected chi connectivity index (χ3v) is 8.57. The van der Waals surface area contributed by atoms with Crippen LogP contribution >= 0.6 is 23.5 Å². The van der Waals surface area contributed by atoms with Gasteiger partial charge in [0.05, 0.1) is 24.0 Å². The fourth-order valence-electron chi connectivity index (χ4n) is 4.58. The molecule has 1 unspecified atom stereocenters. The summed E-state index contributed by atoms with van der Waals surface area (Å²) in [7, 11) is 0. The van der Waals surface area contributed by atoms with E-state index in [1.165, 1.54) is 17.3 Å². The van der Waals surface area contributed by atoms with Crippen LogP contribution in [0.4, 0.5) is 5.69 Å². The molecule has 3 aromatic carbocycles. The molecule has 2 aliphatic rings. The second-order valence-electron chi connectivity index (χ2n) is 8.94. The zero-order valence-electron chi connectivity index (χ0n) is 19.3. The molecule has 1 saturated carbocycles. The van der Waals surface area contributed by atoms with E-state index in [0.29, 0.717) is 11.7 Å². The van der Waals surface area contributed by atoms with Gasteiger partial charge in [0, 0.05) is 16.6 Å². The Hall–Kier alpha value is -3.03. The highest BCUT2D eigenvalue weighted by Gasteiger charge is 2.34. The van der Waals surface area contributed by atoms with Crippen LogP contribution < -0.4 is 4.90 Å². The molecule has 0 spiro atoms. The van der Waals surface area contributed by atoms with Crippen molar-refractivity contribution in [2.75, 3.05) is 16.4 Å². The number of fused-ring (bicyclic) bond motifs is 1. The van der Waals surface area contributed by atoms with Crippen LogP contribution in [0.3, 0.4) is 0 Å². The molecule has 1 atom stereocenters. The Bertz CT molecular complexity index is 1320. The van der Waals surface area contributed by atoms with Gasteiger partial charge in [0.25, 0.3) is 0 Å². The van der Waals surface area contributed by atoms with Crippen LogP contribution in [0.25, 0.3) is 0 Å². The van der Waals surface area contributed by atoms with E-state index in [2.05, 4.69) is 63.3 Å². The topological polar surface area (TPSA) is 51.0 Å². The summed E-state index contributed by atoms with van der Waals surface area (Å²) in [6, 6.07) is 29.0. The van der Waals surface area contributed by atoms with Gasteiger partial charge in [0.15, 0.2) is 5.16 Å². The highest BCUT2D eigenvalue weighted by Crippen LogP contribution is 2.44. The lowest BCUT2D eigenvalue weighted by Gasteiger charge is -2.37. The number of aromatic nitrogens is 3. The molecule has 1 amide bonds. The summed E-state index contributed by atoms with van der Waals surface area (Å²) in [5.41, 5.74) is 3.37. The molecule has 1 aliphatic carbocycles. The summed E-state index contributed by atoms with van der Waals surface area (Å²) < 4.78 is 2.21. The van der Waals surface area contributed by atoms with Crippen molar-refractivity contribution in [1.82, 2.24) is 14.8 Å². The molecule has 4 aromatic rings. The molecule has 2 heterocycles. The number of thioether (sulfide) groups is 2. The maximum Gasteiger partial charge on any atom is 0.238 e. The van der Waals surface area contributed by atoms with E-state index < -0.39 is 0 Å². The molecule has 35 heavy (non-hydrogen) atoms. The Morgan fingerprint density at radius 2 is 1.63 bits per heavy atom. The van der Waals surface area contributed by atoms with Gasteiger partial charge in [-0.3, -0.25) is 4.79 Å². The van der Waals surface area contributed by atoms with Crippen LogP contribution in [0, 0.1) is 0 Å². The largest absolute Gasteiger partial charge is 0.302 e. The number of benzene rings is 3. The maximum atomic E-state index is 13.8. The molecule has 0 saturated heterocycles. The molecule has 1 aliphatic heterocycles. The van der Waals surface area contributed by atoms with Crippen LogP contribution in [0.5, 0.6) is 0 Å². The van der Waals surface area contributed by atoms with E-state index in [1.54, 1.807) is 0 Å². The molecule has 7 heteroatoms.